The van der Waals surface area contributed by atoms with Gasteiger partial charge in [0.2, 0.25) is 0 Å². The van der Waals surface area contributed by atoms with E-state index in [4.69, 9.17) is 10.5 Å². The molecule has 0 radical (unpaired) electrons. The van der Waals surface area contributed by atoms with Crippen LogP contribution in [0.5, 0.6) is 5.75 Å². The summed E-state index contributed by atoms with van der Waals surface area (Å²) in [7, 11) is 1.61. The van der Waals surface area contributed by atoms with Crippen molar-refractivity contribution in [2.75, 3.05) is 18.2 Å². The quantitative estimate of drug-likeness (QED) is 0.431. The van der Waals surface area contributed by atoms with E-state index in [-0.39, 0.29) is 0 Å². The third-order valence-electron chi connectivity index (χ3n) is 4.70. The van der Waals surface area contributed by atoms with Gasteiger partial charge >= 0.3 is 0 Å². The lowest BCUT2D eigenvalue weighted by molar-refractivity contribution is 0.417. The molecule has 0 bridgehead atoms. The average Bonchev–Trinajstić information content (AvgIpc) is 3.21. The summed E-state index contributed by atoms with van der Waals surface area (Å²) in [6.07, 6.45) is 6.60. The SMILES string of the molecule is COc1cc2ncnc(Nc3ccc4[nH]ccc4c3)c2cc1-c1cncc(N)n1. The molecule has 0 saturated carbocycles. The lowest BCUT2D eigenvalue weighted by Gasteiger charge is -2.13. The molecule has 5 aromatic rings. The topological polar surface area (TPSA) is 115 Å². The summed E-state index contributed by atoms with van der Waals surface area (Å²) in [4.78, 5) is 20.5. The molecule has 5 rings (SSSR count). The molecule has 2 aromatic carbocycles. The number of methoxy groups -OCH3 is 1. The average molecular weight is 383 g/mol. The summed E-state index contributed by atoms with van der Waals surface area (Å²) >= 11 is 0. The van der Waals surface area contributed by atoms with E-state index in [1.54, 1.807) is 13.3 Å². The standard InChI is InChI=1S/C21H17N7O/c1-29-19-8-17-15(7-14(19)18-9-23-10-20(22)28-18)21(26-11-25-17)27-13-2-3-16-12(6-13)4-5-24-16/h2-11,24H,1H3,(H2,22,28)(H,25,26,27). The summed E-state index contributed by atoms with van der Waals surface area (Å²) in [5.74, 6) is 1.66. The molecule has 0 aliphatic rings. The van der Waals surface area contributed by atoms with Gasteiger partial charge in [-0.25, -0.2) is 15.0 Å². The summed E-state index contributed by atoms with van der Waals surface area (Å²) in [6, 6.07) is 11.9. The Morgan fingerprint density at radius 2 is 2.00 bits per heavy atom. The first-order valence-corrected chi connectivity index (χ1v) is 8.96. The van der Waals surface area contributed by atoms with E-state index in [0.717, 1.165) is 33.1 Å². The molecular formula is C21H17N7O. The van der Waals surface area contributed by atoms with Gasteiger partial charge in [-0.1, -0.05) is 0 Å². The number of benzene rings is 2. The molecule has 0 atom stereocenters. The molecule has 0 aliphatic carbocycles. The van der Waals surface area contributed by atoms with Gasteiger partial charge in [0.25, 0.3) is 0 Å². The van der Waals surface area contributed by atoms with Crippen molar-refractivity contribution in [3.8, 4) is 17.0 Å². The number of nitrogens with one attached hydrogen (secondary N) is 2. The fourth-order valence-corrected chi connectivity index (χ4v) is 3.33. The number of fused-ring (bicyclic) bond motifs is 2. The fourth-order valence-electron chi connectivity index (χ4n) is 3.33. The van der Waals surface area contributed by atoms with Crippen molar-refractivity contribution < 1.29 is 4.74 Å². The highest BCUT2D eigenvalue weighted by Gasteiger charge is 2.14. The zero-order chi connectivity index (χ0) is 19.8. The zero-order valence-electron chi connectivity index (χ0n) is 15.5. The molecular weight excluding hydrogens is 366 g/mol. The Balaban J connectivity index is 1.64. The summed E-state index contributed by atoms with van der Waals surface area (Å²) in [5, 5.41) is 5.34. The van der Waals surface area contributed by atoms with Gasteiger partial charge in [-0.2, -0.15) is 0 Å². The molecule has 0 fully saturated rings. The molecule has 0 aliphatic heterocycles. The van der Waals surface area contributed by atoms with Crippen molar-refractivity contribution >= 4 is 39.1 Å². The number of hydrogen-bond acceptors (Lipinski definition) is 7. The predicted molar refractivity (Wildman–Crippen MR) is 113 cm³/mol. The molecule has 3 heterocycles. The second-order valence-electron chi connectivity index (χ2n) is 6.53. The van der Waals surface area contributed by atoms with Crippen LogP contribution >= 0.6 is 0 Å². The van der Waals surface area contributed by atoms with Crippen LogP contribution in [0.15, 0.2) is 61.3 Å². The monoisotopic (exact) mass is 383 g/mol. The number of aromatic nitrogens is 5. The largest absolute Gasteiger partial charge is 0.496 e. The van der Waals surface area contributed by atoms with E-state index in [1.807, 2.05) is 36.5 Å². The third-order valence-corrected chi connectivity index (χ3v) is 4.70. The van der Waals surface area contributed by atoms with Gasteiger partial charge < -0.3 is 20.8 Å². The van der Waals surface area contributed by atoms with Crippen LogP contribution in [0, 0.1) is 0 Å². The van der Waals surface area contributed by atoms with Crippen molar-refractivity contribution in [2.24, 2.45) is 0 Å². The van der Waals surface area contributed by atoms with E-state index in [0.29, 0.717) is 23.1 Å². The number of hydrogen-bond donors (Lipinski definition) is 3. The van der Waals surface area contributed by atoms with Crippen molar-refractivity contribution in [2.45, 2.75) is 0 Å². The second kappa shape index (κ2) is 6.75. The Bertz CT molecular complexity index is 1350. The van der Waals surface area contributed by atoms with Gasteiger partial charge in [0, 0.05) is 39.8 Å². The highest BCUT2D eigenvalue weighted by atomic mass is 16.5. The van der Waals surface area contributed by atoms with Crippen molar-refractivity contribution in [1.82, 2.24) is 24.9 Å². The lowest BCUT2D eigenvalue weighted by Crippen LogP contribution is -1.99. The zero-order valence-corrected chi connectivity index (χ0v) is 15.5. The maximum absolute atomic E-state index is 5.81. The highest BCUT2D eigenvalue weighted by molar-refractivity contribution is 5.96. The van der Waals surface area contributed by atoms with E-state index >= 15 is 0 Å². The molecule has 29 heavy (non-hydrogen) atoms. The van der Waals surface area contributed by atoms with Gasteiger partial charge in [0.1, 0.15) is 23.7 Å². The second-order valence-corrected chi connectivity index (χ2v) is 6.53. The number of nitrogen functional groups attached to an aromatic ring is 1. The Labute approximate surface area is 165 Å². The van der Waals surface area contributed by atoms with Crippen LogP contribution in [0.1, 0.15) is 0 Å². The summed E-state index contributed by atoms with van der Waals surface area (Å²) < 4.78 is 5.55. The molecule has 8 heteroatoms. The van der Waals surface area contributed by atoms with Gasteiger partial charge in [0.15, 0.2) is 0 Å². The van der Waals surface area contributed by atoms with Crippen molar-refractivity contribution in [1.29, 1.82) is 0 Å². The van der Waals surface area contributed by atoms with Crippen molar-refractivity contribution in [3.05, 3.63) is 61.3 Å². The Morgan fingerprint density at radius 1 is 1.07 bits per heavy atom. The van der Waals surface area contributed by atoms with Crippen LogP contribution in [-0.2, 0) is 0 Å². The molecule has 0 unspecified atom stereocenters. The van der Waals surface area contributed by atoms with Crippen LogP contribution in [0.2, 0.25) is 0 Å². The van der Waals surface area contributed by atoms with Gasteiger partial charge in [-0.05, 0) is 30.3 Å². The molecule has 0 amide bonds. The van der Waals surface area contributed by atoms with Gasteiger partial charge in [0.05, 0.1) is 30.7 Å². The first kappa shape index (κ1) is 16.9. The number of H-pyrrole nitrogens is 1. The van der Waals surface area contributed by atoms with Crippen LogP contribution in [-0.4, -0.2) is 32.0 Å². The molecule has 0 spiro atoms. The number of ether oxygens (including phenoxy) is 1. The van der Waals surface area contributed by atoms with E-state index in [9.17, 15) is 0 Å². The Morgan fingerprint density at radius 3 is 2.86 bits per heavy atom. The van der Waals surface area contributed by atoms with Crippen LogP contribution in [0.4, 0.5) is 17.3 Å². The normalized spacial score (nSPS) is 11.1. The predicted octanol–water partition coefficient (Wildman–Crippen LogP) is 3.90. The van der Waals surface area contributed by atoms with E-state index < -0.39 is 0 Å². The minimum Gasteiger partial charge on any atom is -0.496 e. The highest BCUT2D eigenvalue weighted by Crippen LogP contribution is 2.35. The molecule has 8 nitrogen and oxygen atoms in total. The number of anilines is 3. The minimum atomic E-state index is 0.340. The van der Waals surface area contributed by atoms with Gasteiger partial charge in [-0.15, -0.1) is 0 Å². The van der Waals surface area contributed by atoms with Crippen LogP contribution in [0.3, 0.4) is 0 Å². The smallest absolute Gasteiger partial charge is 0.142 e. The minimum absolute atomic E-state index is 0.340. The fraction of sp³-hybridized carbons (Fsp3) is 0.0476. The third kappa shape index (κ3) is 3.06. The van der Waals surface area contributed by atoms with Crippen LogP contribution in [0.25, 0.3) is 33.1 Å². The Kier molecular flexibility index (Phi) is 3.94. The Hall–Kier alpha value is -4.20. The maximum atomic E-state index is 5.81. The summed E-state index contributed by atoms with van der Waals surface area (Å²) in [6.45, 7) is 0. The number of nitrogens with two attached hydrogens (primary N) is 1. The van der Waals surface area contributed by atoms with Crippen LogP contribution < -0.4 is 15.8 Å². The summed E-state index contributed by atoms with van der Waals surface area (Å²) in [5.41, 5.74) is 9.96. The number of aromatic amines is 1. The molecule has 142 valence electrons. The first-order valence-electron chi connectivity index (χ1n) is 8.96. The maximum Gasteiger partial charge on any atom is 0.142 e. The lowest BCUT2D eigenvalue weighted by atomic mass is 10.1. The van der Waals surface area contributed by atoms with Gasteiger partial charge in [-0.3, -0.25) is 4.98 Å². The first-order chi connectivity index (χ1) is 14.2. The van der Waals surface area contributed by atoms with Crippen molar-refractivity contribution in [3.63, 3.8) is 0 Å². The molecule has 3 aromatic heterocycles. The van der Waals surface area contributed by atoms with E-state index in [1.165, 1.54) is 12.5 Å². The molecule has 4 N–H and O–H groups in total. The number of rotatable bonds is 4. The molecule has 0 saturated heterocycles. The number of nitrogens with zero attached hydrogens (tertiary/aromatic N) is 4. The van der Waals surface area contributed by atoms with E-state index in [2.05, 4.69) is 36.3 Å².